The van der Waals surface area contributed by atoms with Crippen LogP contribution >= 0.6 is 0 Å². The Bertz CT molecular complexity index is 151. The largest absolute Gasteiger partial charge is 0.394 e. The number of rotatable bonds is 6. The van der Waals surface area contributed by atoms with Gasteiger partial charge in [-0.1, -0.05) is 0 Å². The number of ether oxygens (including phenoxy) is 1. The van der Waals surface area contributed by atoms with Gasteiger partial charge < -0.3 is 15.2 Å². The van der Waals surface area contributed by atoms with Crippen LogP contribution in [0.5, 0.6) is 0 Å². The van der Waals surface area contributed by atoms with Crippen LogP contribution in [0.2, 0.25) is 0 Å². The summed E-state index contributed by atoms with van der Waals surface area (Å²) in [5.74, 6) is 0.598. The molecule has 1 aliphatic rings. The van der Waals surface area contributed by atoms with E-state index in [4.69, 9.17) is 4.74 Å². The molecule has 0 amide bonds. The average molecular weight is 187 g/mol. The van der Waals surface area contributed by atoms with Crippen molar-refractivity contribution in [1.29, 1.82) is 0 Å². The maximum Gasteiger partial charge on any atom is 0.0677 e. The van der Waals surface area contributed by atoms with Crippen molar-refractivity contribution in [3.05, 3.63) is 0 Å². The topological polar surface area (TPSA) is 41.5 Å². The number of aliphatic hydroxyl groups excluding tert-OH is 1. The molecule has 1 unspecified atom stereocenters. The van der Waals surface area contributed by atoms with Crippen molar-refractivity contribution in [1.82, 2.24) is 5.32 Å². The van der Waals surface area contributed by atoms with Crippen LogP contribution in [-0.4, -0.2) is 37.0 Å². The quantitative estimate of drug-likeness (QED) is 0.645. The molecular weight excluding hydrogens is 166 g/mol. The van der Waals surface area contributed by atoms with Gasteiger partial charge in [0.25, 0.3) is 0 Å². The van der Waals surface area contributed by atoms with Gasteiger partial charge in [-0.2, -0.15) is 0 Å². The number of hydrogen-bond donors (Lipinski definition) is 2. The molecule has 78 valence electrons. The van der Waals surface area contributed by atoms with Gasteiger partial charge in [0.2, 0.25) is 0 Å². The first-order valence-electron chi connectivity index (χ1n) is 5.06. The first-order chi connectivity index (χ1) is 6.14. The molecule has 0 bridgehead atoms. The molecule has 1 rings (SSSR count). The molecular formula is C10H21NO2. The van der Waals surface area contributed by atoms with Crippen LogP contribution in [-0.2, 0) is 4.74 Å². The molecule has 0 spiro atoms. The molecule has 1 saturated carbocycles. The lowest BCUT2D eigenvalue weighted by molar-refractivity contribution is -0.00119. The molecule has 1 fully saturated rings. The highest BCUT2D eigenvalue weighted by Crippen LogP contribution is 2.39. The fourth-order valence-corrected chi connectivity index (χ4v) is 1.60. The molecule has 0 aromatic heterocycles. The zero-order valence-electron chi connectivity index (χ0n) is 8.84. The maximum absolute atomic E-state index is 9.36. The van der Waals surface area contributed by atoms with E-state index in [1.54, 1.807) is 0 Å². The van der Waals surface area contributed by atoms with Crippen LogP contribution in [0.1, 0.15) is 26.7 Å². The van der Waals surface area contributed by atoms with Gasteiger partial charge in [0, 0.05) is 0 Å². The van der Waals surface area contributed by atoms with E-state index < -0.39 is 0 Å². The van der Waals surface area contributed by atoms with Crippen LogP contribution in [0.4, 0.5) is 0 Å². The second-order valence-electron chi connectivity index (χ2n) is 4.20. The van der Waals surface area contributed by atoms with Gasteiger partial charge in [-0.3, -0.25) is 0 Å². The second kappa shape index (κ2) is 4.40. The minimum absolute atomic E-state index is 0.168. The standard InChI is InChI=1S/C10H21NO2/c1-8(2)13-7-10(6-12,11-3)9-4-5-9/h8-9,11-12H,4-7H2,1-3H3. The van der Waals surface area contributed by atoms with Gasteiger partial charge in [0.15, 0.2) is 0 Å². The SMILES string of the molecule is CNC(CO)(COC(C)C)C1CC1. The molecule has 0 saturated heterocycles. The zero-order valence-corrected chi connectivity index (χ0v) is 8.84. The third kappa shape index (κ3) is 2.66. The predicted molar refractivity (Wildman–Crippen MR) is 52.7 cm³/mol. The van der Waals surface area contributed by atoms with Gasteiger partial charge in [-0.15, -0.1) is 0 Å². The summed E-state index contributed by atoms with van der Waals surface area (Å²) in [5.41, 5.74) is -0.190. The molecule has 0 radical (unpaired) electrons. The smallest absolute Gasteiger partial charge is 0.0677 e. The van der Waals surface area contributed by atoms with E-state index in [0.29, 0.717) is 12.5 Å². The lowest BCUT2D eigenvalue weighted by Crippen LogP contribution is -2.53. The highest BCUT2D eigenvalue weighted by Gasteiger charge is 2.44. The summed E-state index contributed by atoms with van der Waals surface area (Å²) in [7, 11) is 1.90. The fraction of sp³-hybridized carbons (Fsp3) is 1.00. The second-order valence-corrected chi connectivity index (χ2v) is 4.20. The summed E-state index contributed by atoms with van der Waals surface area (Å²) in [6.45, 7) is 4.82. The van der Waals surface area contributed by atoms with Crippen LogP contribution in [0.3, 0.4) is 0 Å². The summed E-state index contributed by atoms with van der Waals surface area (Å²) in [6.07, 6.45) is 2.66. The van der Waals surface area contributed by atoms with Gasteiger partial charge in [0.05, 0.1) is 24.9 Å². The predicted octanol–water partition coefficient (Wildman–Crippen LogP) is 0.772. The normalized spacial score (nSPS) is 21.9. The summed E-state index contributed by atoms with van der Waals surface area (Å²) in [6, 6.07) is 0. The first-order valence-corrected chi connectivity index (χ1v) is 5.06. The van der Waals surface area contributed by atoms with E-state index in [9.17, 15) is 5.11 Å². The van der Waals surface area contributed by atoms with E-state index in [1.807, 2.05) is 20.9 Å². The van der Waals surface area contributed by atoms with Crippen molar-refractivity contribution in [2.45, 2.75) is 38.3 Å². The van der Waals surface area contributed by atoms with E-state index in [1.165, 1.54) is 12.8 Å². The van der Waals surface area contributed by atoms with Crippen molar-refractivity contribution in [2.24, 2.45) is 5.92 Å². The highest BCUT2D eigenvalue weighted by molar-refractivity contribution is 5.00. The Hall–Kier alpha value is -0.120. The Kier molecular flexibility index (Phi) is 3.71. The lowest BCUT2D eigenvalue weighted by Gasteiger charge is -2.32. The van der Waals surface area contributed by atoms with Gasteiger partial charge in [-0.25, -0.2) is 0 Å². The third-order valence-electron chi connectivity index (χ3n) is 2.81. The maximum atomic E-state index is 9.36. The minimum Gasteiger partial charge on any atom is -0.394 e. The summed E-state index contributed by atoms with van der Waals surface area (Å²) < 4.78 is 5.57. The number of hydrogen-bond acceptors (Lipinski definition) is 3. The van der Waals surface area contributed by atoms with Crippen LogP contribution in [0.15, 0.2) is 0 Å². The van der Waals surface area contributed by atoms with E-state index >= 15 is 0 Å². The molecule has 1 aliphatic carbocycles. The van der Waals surface area contributed by atoms with Crippen molar-refractivity contribution in [3.63, 3.8) is 0 Å². The van der Waals surface area contributed by atoms with Crippen LogP contribution in [0, 0.1) is 5.92 Å². The summed E-state index contributed by atoms with van der Waals surface area (Å²) in [5, 5.41) is 12.6. The van der Waals surface area contributed by atoms with Gasteiger partial charge >= 0.3 is 0 Å². The summed E-state index contributed by atoms with van der Waals surface area (Å²) >= 11 is 0. The molecule has 3 heteroatoms. The van der Waals surface area contributed by atoms with Crippen molar-refractivity contribution in [3.8, 4) is 0 Å². The van der Waals surface area contributed by atoms with Crippen molar-refractivity contribution < 1.29 is 9.84 Å². The molecule has 3 nitrogen and oxygen atoms in total. The minimum atomic E-state index is -0.190. The number of nitrogens with one attached hydrogen (secondary N) is 1. The molecule has 2 N–H and O–H groups in total. The molecule has 0 aliphatic heterocycles. The number of likely N-dealkylation sites (N-methyl/N-ethyl adjacent to an activating group) is 1. The van der Waals surface area contributed by atoms with Crippen LogP contribution in [0.25, 0.3) is 0 Å². The summed E-state index contributed by atoms with van der Waals surface area (Å²) in [4.78, 5) is 0. The van der Waals surface area contributed by atoms with Crippen LogP contribution < -0.4 is 5.32 Å². The van der Waals surface area contributed by atoms with Crippen molar-refractivity contribution >= 4 is 0 Å². The molecule has 0 aromatic carbocycles. The lowest BCUT2D eigenvalue weighted by atomic mass is 9.95. The average Bonchev–Trinajstić information content (AvgIpc) is 2.91. The Morgan fingerprint density at radius 2 is 2.15 bits per heavy atom. The molecule has 13 heavy (non-hydrogen) atoms. The van der Waals surface area contributed by atoms with E-state index in [-0.39, 0.29) is 18.2 Å². The molecule has 0 aromatic rings. The molecule has 0 heterocycles. The van der Waals surface area contributed by atoms with Gasteiger partial charge in [-0.05, 0) is 39.7 Å². The van der Waals surface area contributed by atoms with E-state index in [2.05, 4.69) is 5.32 Å². The number of aliphatic hydroxyl groups is 1. The van der Waals surface area contributed by atoms with Gasteiger partial charge in [0.1, 0.15) is 0 Å². The Labute approximate surface area is 80.5 Å². The molecule has 1 atom stereocenters. The Morgan fingerprint density at radius 1 is 1.54 bits per heavy atom. The first kappa shape index (κ1) is 11.0. The van der Waals surface area contributed by atoms with Crippen molar-refractivity contribution in [2.75, 3.05) is 20.3 Å². The van der Waals surface area contributed by atoms with E-state index in [0.717, 1.165) is 0 Å². The third-order valence-corrected chi connectivity index (χ3v) is 2.81. The Balaban J connectivity index is 2.44. The zero-order chi connectivity index (χ0) is 9.90. The Morgan fingerprint density at radius 3 is 2.46 bits per heavy atom. The fourth-order valence-electron chi connectivity index (χ4n) is 1.60. The highest BCUT2D eigenvalue weighted by atomic mass is 16.5. The monoisotopic (exact) mass is 187 g/mol.